The molecule has 0 bridgehead atoms. The summed E-state index contributed by atoms with van der Waals surface area (Å²) >= 11 is 3.46. The molecule has 1 aliphatic rings. The molecule has 0 N–H and O–H groups in total. The van der Waals surface area contributed by atoms with Gasteiger partial charge < -0.3 is 4.57 Å². The minimum atomic E-state index is 0.906. The van der Waals surface area contributed by atoms with Crippen molar-refractivity contribution in [2.75, 3.05) is 6.54 Å². The van der Waals surface area contributed by atoms with Crippen molar-refractivity contribution in [3.63, 3.8) is 0 Å². The van der Waals surface area contributed by atoms with Gasteiger partial charge in [-0.1, -0.05) is 0 Å². The van der Waals surface area contributed by atoms with Gasteiger partial charge in [0.05, 0.1) is 25.0 Å². The molecular formula is C14H14N4S2. The Morgan fingerprint density at radius 2 is 2.20 bits per heavy atom. The first-order valence-corrected chi connectivity index (χ1v) is 8.40. The first-order chi connectivity index (χ1) is 9.90. The SMILES string of the molecule is c1csc(CN2CCn3c(-c4ccsc4)cnc3C2)n1. The summed E-state index contributed by atoms with van der Waals surface area (Å²) in [5, 5.41) is 7.52. The summed E-state index contributed by atoms with van der Waals surface area (Å²) < 4.78 is 2.35. The van der Waals surface area contributed by atoms with Crippen molar-refractivity contribution in [2.45, 2.75) is 19.6 Å². The molecule has 0 spiro atoms. The molecule has 4 nitrogen and oxygen atoms in total. The summed E-state index contributed by atoms with van der Waals surface area (Å²) in [6.45, 7) is 3.90. The average molecular weight is 302 g/mol. The number of nitrogens with zero attached hydrogens (tertiary/aromatic N) is 4. The predicted molar refractivity (Wildman–Crippen MR) is 81.8 cm³/mol. The van der Waals surface area contributed by atoms with Crippen LogP contribution in [0, 0.1) is 0 Å². The van der Waals surface area contributed by atoms with E-state index in [2.05, 4.69) is 36.3 Å². The standard InChI is InChI=1S/C14H14N4S2/c1-5-19-10-11(1)12-7-16-13-8-17(3-4-18(12)13)9-14-15-2-6-20-14/h1-2,5-7,10H,3-4,8-9H2. The molecule has 0 saturated heterocycles. The Hall–Kier alpha value is -1.50. The Balaban J connectivity index is 1.56. The van der Waals surface area contributed by atoms with Gasteiger partial charge >= 0.3 is 0 Å². The maximum absolute atomic E-state index is 4.60. The van der Waals surface area contributed by atoms with E-state index >= 15 is 0 Å². The molecule has 0 aromatic carbocycles. The maximum Gasteiger partial charge on any atom is 0.123 e. The van der Waals surface area contributed by atoms with Crippen molar-refractivity contribution in [3.05, 3.63) is 45.4 Å². The van der Waals surface area contributed by atoms with Crippen LogP contribution >= 0.6 is 22.7 Å². The fraction of sp³-hybridized carbons (Fsp3) is 0.286. The van der Waals surface area contributed by atoms with Crippen LogP contribution in [0.3, 0.4) is 0 Å². The Bertz CT molecular complexity index is 685. The number of thiophene rings is 1. The monoisotopic (exact) mass is 302 g/mol. The minimum absolute atomic E-state index is 0.906. The highest BCUT2D eigenvalue weighted by Gasteiger charge is 2.21. The topological polar surface area (TPSA) is 34.0 Å². The number of aromatic nitrogens is 3. The zero-order valence-corrected chi connectivity index (χ0v) is 12.5. The van der Waals surface area contributed by atoms with Crippen molar-refractivity contribution in [3.8, 4) is 11.3 Å². The van der Waals surface area contributed by atoms with E-state index in [0.717, 1.165) is 32.0 Å². The van der Waals surface area contributed by atoms with Crippen LogP contribution in [0.5, 0.6) is 0 Å². The van der Waals surface area contributed by atoms with Gasteiger partial charge in [0.15, 0.2) is 0 Å². The van der Waals surface area contributed by atoms with Crippen molar-refractivity contribution in [1.82, 2.24) is 19.4 Å². The fourth-order valence-corrected chi connectivity index (χ4v) is 3.92. The number of hydrogen-bond acceptors (Lipinski definition) is 5. The number of thiazole rings is 1. The normalized spacial score (nSPS) is 15.4. The second-order valence-electron chi connectivity index (χ2n) is 4.86. The molecule has 4 rings (SSSR count). The van der Waals surface area contributed by atoms with Gasteiger partial charge in [-0.25, -0.2) is 9.97 Å². The minimum Gasteiger partial charge on any atom is -0.326 e. The molecule has 1 aliphatic heterocycles. The summed E-state index contributed by atoms with van der Waals surface area (Å²) in [6.07, 6.45) is 3.88. The molecule has 3 aromatic heterocycles. The second kappa shape index (κ2) is 5.12. The molecule has 0 amide bonds. The molecule has 0 unspecified atom stereocenters. The van der Waals surface area contributed by atoms with Gasteiger partial charge in [0, 0.05) is 35.6 Å². The van der Waals surface area contributed by atoms with E-state index in [1.165, 1.54) is 16.3 Å². The predicted octanol–water partition coefficient (Wildman–Crippen LogP) is 3.08. The number of fused-ring (bicyclic) bond motifs is 1. The number of imidazole rings is 1. The lowest BCUT2D eigenvalue weighted by molar-refractivity contribution is 0.209. The van der Waals surface area contributed by atoms with Gasteiger partial charge in [-0.2, -0.15) is 11.3 Å². The molecule has 102 valence electrons. The lowest BCUT2D eigenvalue weighted by atomic mass is 10.2. The Morgan fingerprint density at radius 3 is 3.00 bits per heavy atom. The summed E-state index contributed by atoms with van der Waals surface area (Å²) in [6, 6.07) is 2.16. The van der Waals surface area contributed by atoms with E-state index in [1.807, 2.05) is 17.8 Å². The third-order valence-electron chi connectivity index (χ3n) is 3.60. The summed E-state index contributed by atoms with van der Waals surface area (Å²) in [5.41, 5.74) is 2.53. The Kier molecular flexibility index (Phi) is 3.14. The second-order valence-corrected chi connectivity index (χ2v) is 6.62. The molecule has 3 aromatic rings. The number of hydrogen-bond donors (Lipinski definition) is 0. The number of rotatable bonds is 3. The zero-order chi connectivity index (χ0) is 13.4. The van der Waals surface area contributed by atoms with E-state index in [0.29, 0.717) is 0 Å². The fourth-order valence-electron chi connectivity index (χ4n) is 2.61. The summed E-state index contributed by atoms with van der Waals surface area (Å²) in [7, 11) is 0. The van der Waals surface area contributed by atoms with Crippen LogP contribution in [0.15, 0.2) is 34.6 Å². The van der Waals surface area contributed by atoms with Crippen molar-refractivity contribution >= 4 is 22.7 Å². The van der Waals surface area contributed by atoms with Crippen LogP contribution in [0.2, 0.25) is 0 Å². The smallest absolute Gasteiger partial charge is 0.123 e. The summed E-state index contributed by atoms with van der Waals surface area (Å²) in [5.74, 6) is 1.16. The van der Waals surface area contributed by atoms with Crippen LogP contribution in [-0.4, -0.2) is 26.0 Å². The van der Waals surface area contributed by atoms with Crippen LogP contribution < -0.4 is 0 Å². The van der Waals surface area contributed by atoms with Gasteiger partial charge in [0.2, 0.25) is 0 Å². The van der Waals surface area contributed by atoms with Crippen LogP contribution in [-0.2, 0) is 19.6 Å². The van der Waals surface area contributed by atoms with Gasteiger partial charge in [-0.05, 0) is 11.4 Å². The van der Waals surface area contributed by atoms with Crippen molar-refractivity contribution < 1.29 is 0 Å². The van der Waals surface area contributed by atoms with Gasteiger partial charge in [0.25, 0.3) is 0 Å². The molecule has 0 radical (unpaired) electrons. The molecule has 0 saturated carbocycles. The lowest BCUT2D eigenvalue weighted by Gasteiger charge is -2.27. The van der Waals surface area contributed by atoms with E-state index in [4.69, 9.17) is 0 Å². The van der Waals surface area contributed by atoms with E-state index < -0.39 is 0 Å². The van der Waals surface area contributed by atoms with E-state index in [-0.39, 0.29) is 0 Å². The molecule has 20 heavy (non-hydrogen) atoms. The van der Waals surface area contributed by atoms with E-state index in [9.17, 15) is 0 Å². The highest BCUT2D eigenvalue weighted by molar-refractivity contribution is 7.09. The highest BCUT2D eigenvalue weighted by atomic mass is 32.1. The van der Waals surface area contributed by atoms with Crippen LogP contribution in [0.4, 0.5) is 0 Å². The first kappa shape index (κ1) is 12.3. The van der Waals surface area contributed by atoms with Gasteiger partial charge in [-0.3, -0.25) is 4.90 Å². The lowest BCUT2D eigenvalue weighted by Crippen LogP contribution is -2.33. The molecule has 4 heterocycles. The molecule has 6 heteroatoms. The average Bonchev–Trinajstić information content (AvgIpc) is 3.19. The Labute approximate surface area is 125 Å². The summed E-state index contributed by atoms with van der Waals surface area (Å²) in [4.78, 5) is 11.4. The molecule has 0 aliphatic carbocycles. The Morgan fingerprint density at radius 1 is 1.20 bits per heavy atom. The molecule has 0 fully saturated rings. The van der Waals surface area contributed by atoms with E-state index in [1.54, 1.807) is 22.7 Å². The van der Waals surface area contributed by atoms with Crippen LogP contribution in [0.1, 0.15) is 10.8 Å². The largest absolute Gasteiger partial charge is 0.326 e. The quantitative estimate of drug-likeness (QED) is 0.745. The third-order valence-corrected chi connectivity index (χ3v) is 5.05. The van der Waals surface area contributed by atoms with Crippen LogP contribution in [0.25, 0.3) is 11.3 Å². The zero-order valence-electron chi connectivity index (χ0n) is 10.9. The van der Waals surface area contributed by atoms with Crippen molar-refractivity contribution in [1.29, 1.82) is 0 Å². The van der Waals surface area contributed by atoms with Gasteiger partial charge in [-0.15, -0.1) is 11.3 Å². The highest BCUT2D eigenvalue weighted by Crippen LogP contribution is 2.26. The molecule has 0 atom stereocenters. The van der Waals surface area contributed by atoms with Crippen molar-refractivity contribution in [2.24, 2.45) is 0 Å². The third kappa shape index (κ3) is 2.19. The molecular weight excluding hydrogens is 288 g/mol. The maximum atomic E-state index is 4.60. The first-order valence-electron chi connectivity index (χ1n) is 6.58. The van der Waals surface area contributed by atoms with Gasteiger partial charge in [0.1, 0.15) is 10.8 Å².